The third kappa shape index (κ3) is 3.76. The molecule has 2 aromatic carbocycles. The Kier molecular flexibility index (Phi) is 5.37. The first kappa shape index (κ1) is 19.9. The Hall–Kier alpha value is -1.85. The molecule has 142 valence electrons. The molecular weight excluding hydrogens is 360 g/mol. The standard InChI is InChI=1S/C24H32OSi2/c1-8-15-25-24-22(26(3,4)5)16-18(2)17-23(24)27(6,7)21-14-13-19-11-9-10-12-20(19)21/h8-14,16-17,21H,1,15H2,2-7H3. The highest BCUT2D eigenvalue weighted by molar-refractivity contribution is 6.94. The van der Waals surface area contributed by atoms with Gasteiger partial charge in [0.1, 0.15) is 12.4 Å². The van der Waals surface area contributed by atoms with Crippen molar-refractivity contribution >= 4 is 32.6 Å². The van der Waals surface area contributed by atoms with E-state index in [0.717, 1.165) is 5.75 Å². The van der Waals surface area contributed by atoms with Gasteiger partial charge in [0.2, 0.25) is 0 Å². The normalized spacial score (nSPS) is 16.3. The van der Waals surface area contributed by atoms with Crippen LogP contribution in [0.1, 0.15) is 22.2 Å². The fourth-order valence-corrected chi connectivity index (χ4v) is 9.17. The van der Waals surface area contributed by atoms with Crippen molar-refractivity contribution in [2.75, 3.05) is 6.61 Å². The van der Waals surface area contributed by atoms with Crippen LogP contribution in [-0.4, -0.2) is 22.8 Å². The van der Waals surface area contributed by atoms with Gasteiger partial charge in [-0.25, -0.2) is 0 Å². The summed E-state index contributed by atoms with van der Waals surface area (Å²) in [7, 11) is -3.39. The lowest BCUT2D eigenvalue weighted by Crippen LogP contribution is -2.51. The first-order valence-electron chi connectivity index (χ1n) is 9.82. The SMILES string of the molecule is C=CCOc1c([Si](C)(C)C)cc(C)cc1[Si](C)(C)C1C=Cc2ccccc21. The summed E-state index contributed by atoms with van der Waals surface area (Å²) in [6.07, 6.45) is 6.58. The minimum Gasteiger partial charge on any atom is -0.490 e. The fourth-order valence-electron chi connectivity index (χ4n) is 4.15. The molecule has 27 heavy (non-hydrogen) atoms. The smallest absolute Gasteiger partial charge is 0.118 e. The number of hydrogen-bond donors (Lipinski definition) is 0. The average molecular weight is 393 g/mol. The second-order valence-electron chi connectivity index (χ2n) is 9.23. The van der Waals surface area contributed by atoms with Crippen molar-refractivity contribution in [3.05, 3.63) is 71.8 Å². The second-order valence-corrected chi connectivity index (χ2v) is 18.9. The van der Waals surface area contributed by atoms with Crippen LogP contribution in [0.3, 0.4) is 0 Å². The van der Waals surface area contributed by atoms with Crippen molar-refractivity contribution < 1.29 is 4.74 Å². The average Bonchev–Trinajstić information content (AvgIpc) is 3.04. The van der Waals surface area contributed by atoms with Gasteiger partial charge in [-0.05, 0) is 28.4 Å². The van der Waals surface area contributed by atoms with Gasteiger partial charge >= 0.3 is 0 Å². The molecule has 1 unspecified atom stereocenters. The minimum absolute atomic E-state index is 0.482. The van der Waals surface area contributed by atoms with Crippen LogP contribution in [0.5, 0.6) is 5.75 Å². The molecule has 1 nitrogen and oxygen atoms in total. The molecule has 0 N–H and O–H groups in total. The summed E-state index contributed by atoms with van der Waals surface area (Å²) in [6, 6.07) is 13.6. The fraction of sp³-hybridized carbons (Fsp3) is 0.333. The minimum atomic E-state index is -1.86. The molecule has 1 atom stereocenters. The molecule has 1 aliphatic rings. The van der Waals surface area contributed by atoms with Crippen molar-refractivity contribution in [2.24, 2.45) is 0 Å². The molecule has 0 fully saturated rings. The predicted octanol–water partition coefficient (Wildman–Crippen LogP) is 5.37. The third-order valence-corrected chi connectivity index (χ3v) is 11.5. The highest BCUT2D eigenvalue weighted by atomic mass is 28.3. The molecule has 0 spiro atoms. The van der Waals surface area contributed by atoms with Crippen LogP contribution >= 0.6 is 0 Å². The molecule has 0 saturated carbocycles. The zero-order valence-electron chi connectivity index (χ0n) is 17.6. The monoisotopic (exact) mass is 392 g/mol. The quantitative estimate of drug-likeness (QED) is 0.474. The lowest BCUT2D eigenvalue weighted by Gasteiger charge is -2.34. The number of benzene rings is 2. The van der Waals surface area contributed by atoms with E-state index in [-0.39, 0.29) is 0 Å². The molecule has 0 saturated heterocycles. The van der Waals surface area contributed by atoms with Crippen molar-refractivity contribution in [2.45, 2.75) is 45.2 Å². The van der Waals surface area contributed by atoms with E-state index in [9.17, 15) is 0 Å². The number of rotatable bonds is 6. The molecular formula is C24H32OSi2. The van der Waals surface area contributed by atoms with Crippen LogP contribution in [0.2, 0.25) is 32.7 Å². The van der Waals surface area contributed by atoms with Crippen LogP contribution < -0.4 is 15.1 Å². The van der Waals surface area contributed by atoms with E-state index in [1.165, 1.54) is 27.1 Å². The maximum atomic E-state index is 6.36. The summed E-state index contributed by atoms with van der Waals surface area (Å²) < 4.78 is 6.36. The first-order chi connectivity index (χ1) is 12.7. The van der Waals surface area contributed by atoms with Crippen molar-refractivity contribution in [1.29, 1.82) is 0 Å². The number of aryl methyl sites for hydroxylation is 1. The molecule has 1 aliphatic carbocycles. The molecule has 2 aromatic rings. The van der Waals surface area contributed by atoms with Gasteiger partial charge in [-0.3, -0.25) is 0 Å². The van der Waals surface area contributed by atoms with Gasteiger partial charge in [0.05, 0.1) is 16.1 Å². The highest BCUT2D eigenvalue weighted by Gasteiger charge is 2.40. The summed E-state index contributed by atoms with van der Waals surface area (Å²) in [5.41, 5.74) is 4.68. The number of hydrogen-bond acceptors (Lipinski definition) is 1. The van der Waals surface area contributed by atoms with Crippen molar-refractivity contribution in [1.82, 2.24) is 0 Å². The molecule has 0 aromatic heterocycles. The Labute approximate surface area is 166 Å². The van der Waals surface area contributed by atoms with E-state index in [1.54, 1.807) is 0 Å². The maximum Gasteiger partial charge on any atom is 0.118 e. The largest absolute Gasteiger partial charge is 0.490 e. The van der Waals surface area contributed by atoms with Crippen LogP contribution in [0.15, 0.2) is 55.1 Å². The van der Waals surface area contributed by atoms with Gasteiger partial charge in [-0.1, -0.05) is 99.5 Å². The van der Waals surface area contributed by atoms with Crippen molar-refractivity contribution in [3.63, 3.8) is 0 Å². The number of fused-ring (bicyclic) bond motifs is 1. The van der Waals surface area contributed by atoms with Crippen LogP contribution in [0, 0.1) is 6.92 Å². The Bertz CT molecular complexity index is 888. The van der Waals surface area contributed by atoms with Crippen molar-refractivity contribution in [3.8, 4) is 5.75 Å². The summed E-state index contributed by atoms with van der Waals surface area (Å²) >= 11 is 0. The van der Waals surface area contributed by atoms with Gasteiger partial charge in [0.15, 0.2) is 0 Å². The number of ether oxygens (including phenoxy) is 1. The Morgan fingerprint density at radius 2 is 1.70 bits per heavy atom. The Morgan fingerprint density at radius 3 is 2.37 bits per heavy atom. The lowest BCUT2D eigenvalue weighted by molar-refractivity contribution is 0.368. The van der Waals surface area contributed by atoms with E-state index in [4.69, 9.17) is 4.74 Å². The third-order valence-electron chi connectivity index (χ3n) is 5.66. The van der Waals surface area contributed by atoms with E-state index in [2.05, 4.69) is 94.8 Å². The van der Waals surface area contributed by atoms with E-state index in [0.29, 0.717) is 12.1 Å². The molecule has 0 amide bonds. The summed E-state index contributed by atoms with van der Waals surface area (Å²) in [5.74, 6) is 1.15. The van der Waals surface area contributed by atoms with Gasteiger partial charge in [-0.15, -0.1) is 0 Å². The Balaban J connectivity index is 2.19. The van der Waals surface area contributed by atoms with Gasteiger partial charge < -0.3 is 4.74 Å². The zero-order valence-corrected chi connectivity index (χ0v) is 19.6. The molecule has 0 aliphatic heterocycles. The van der Waals surface area contributed by atoms with Crippen LogP contribution in [0.4, 0.5) is 0 Å². The Morgan fingerprint density at radius 1 is 1.04 bits per heavy atom. The molecule has 0 radical (unpaired) electrons. The van der Waals surface area contributed by atoms with Gasteiger partial charge in [-0.2, -0.15) is 0 Å². The van der Waals surface area contributed by atoms with Gasteiger partial charge in [0, 0.05) is 5.54 Å². The summed E-state index contributed by atoms with van der Waals surface area (Å²) in [5, 5.41) is 2.89. The zero-order chi connectivity index (χ0) is 19.8. The predicted molar refractivity (Wildman–Crippen MR) is 125 cm³/mol. The van der Waals surface area contributed by atoms with E-state index < -0.39 is 16.1 Å². The van der Waals surface area contributed by atoms with Gasteiger partial charge in [0.25, 0.3) is 0 Å². The topological polar surface area (TPSA) is 9.23 Å². The molecule has 0 bridgehead atoms. The van der Waals surface area contributed by atoms with Crippen LogP contribution in [-0.2, 0) is 0 Å². The van der Waals surface area contributed by atoms with Crippen LogP contribution in [0.25, 0.3) is 6.08 Å². The molecule has 3 rings (SSSR count). The summed E-state index contributed by atoms with van der Waals surface area (Å²) in [6.45, 7) is 18.9. The molecule has 0 heterocycles. The first-order valence-corrected chi connectivity index (χ1v) is 16.4. The lowest BCUT2D eigenvalue weighted by atomic mass is 10.1. The van der Waals surface area contributed by atoms with E-state index in [1.807, 2.05) is 6.08 Å². The summed E-state index contributed by atoms with van der Waals surface area (Å²) in [4.78, 5) is 0. The second kappa shape index (κ2) is 7.29. The number of allylic oxidation sites excluding steroid dienone is 1. The maximum absolute atomic E-state index is 6.36. The van der Waals surface area contributed by atoms with E-state index >= 15 is 0 Å². The molecule has 3 heteroatoms. The highest BCUT2D eigenvalue weighted by Crippen LogP contribution is 2.38.